The average Bonchev–Trinajstić information content (AvgIpc) is 3.35. The first-order valence-corrected chi connectivity index (χ1v) is 9.85. The van der Waals surface area contributed by atoms with Gasteiger partial charge in [0, 0.05) is 38.5 Å². The van der Waals surface area contributed by atoms with Crippen molar-refractivity contribution in [2.75, 3.05) is 6.26 Å². The second kappa shape index (κ2) is 7.81. The largest absolute Gasteiger partial charge is 0.369 e. The number of aromatic amines is 2. The van der Waals surface area contributed by atoms with Gasteiger partial charge in [-0.1, -0.05) is 44.4 Å². The van der Waals surface area contributed by atoms with E-state index in [4.69, 9.17) is 0 Å². The Balaban J connectivity index is 0.000000778. The summed E-state index contributed by atoms with van der Waals surface area (Å²) in [5.41, 5.74) is 5.63. The van der Waals surface area contributed by atoms with Crippen LogP contribution in [-0.2, 0) is 0 Å². The number of hydrogen-bond acceptors (Lipinski definition) is 3. The van der Waals surface area contributed by atoms with Gasteiger partial charge in [0.2, 0.25) is 0 Å². The number of para-hydroxylation sites is 1. The number of fused-ring (bicyclic) bond motifs is 8. The molecule has 2 aromatic carbocycles. The van der Waals surface area contributed by atoms with Gasteiger partial charge in [-0.25, -0.2) is 0 Å². The first-order valence-electron chi connectivity index (χ1n) is 8.96. The molecule has 0 saturated carbocycles. The van der Waals surface area contributed by atoms with Crippen LogP contribution < -0.4 is 5.32 Å². The Kier molecular flexibility index (Phi) is 5.59. The number of carbonyl (C=O) groups excluding carboxylic acids is 1. The maximum absolute atomic E-state index is 12.7. The molecule has 6 heteroatoms. The maximum atomic E-state index is 12.7. The van der Waals surface area contributed by atoms with Crippen LogP contribution in [0.1, 0.15) is 47.8 Å². The standard InChI is InChI=1S/C21H17N3O2.CH4S.CH4/c1-3-7-10-12(4-2)22-18-14(10)16-17(21(26)24-20(16)25)15-11-8-5-6-9-13(11)23-19(15)18;1-2;/h3-9,20,22-23,25H,2H2,1H3,(H,24,26);2H,1H3;1H4/b7-3-;;. The normalized spacial score (nSPS) is 15.3. The predicted molar refractivity (Wildman–Crippen MR) is 127 cm³/mol. The van der Waals surface area contributed by atoms with Crippen molar-refractivity contribution in [1.82, 2.24) is 15.3 Å². The summed E-state index contributed by atoms with van der Waals surface area (Å²) in [4.78, 5) is 19.5. The first kappa shape index (κ1) is 20.8. The lowest BCUT2D eigenvalue weighted by Crippen LogP contribution is -2.18. The van der Waals surface area contributed by atoms with Crippen molar-refractivity contribution in [3.05, 3.63) is 59.3 Å². The zero-order valence-electron chi connectivity index (χ0n) is 15.6. The summed E-state index contributed by atoms with van der Waals surface area (Å²) < 4.78 is 0. The number of H-pyrrole nitrogens is 2. The molecule has 0 radical (unpaired) electrons. The lowest BCUT2D eigenvalue weighted by Gasteiger charge is -2.08. The molecule has 5 rings (SSSR count). The van der Waals surface area contributed by atoms with Gasteiger partial charge in [0.15, 0.2) is 6.23 Å². The summed E-state index contributed by atoms with van der Waals surface area (Å²) in [6.45, 7) is 5.84. The van der Waals surface area contributed by atoms with Gasteiger partial charge >= 0.3 is 0 Å². The fourth-order valence-corrected chi connectivity index (χ4v) is 4.13. The average molecular weight is 408 g/mol. The van der Waals surface area contributed by atoms with E-state index in [1.165, 1.54) is 0 Å². The molecule has 0 spiro atoms. The molecule has 3 heterocycles. The van der Waals surface area contributed by atoms with Gasteiger partial charge in [-0.3, -0.25) is 4.79 Å². The van der Waals surface area contributed by atoms with E-state index in [9.17, 15) is 9.90 Å². The number of carbonyl (C=O) groups is 1. The number of hydrogen-bond donors (Lipinski definition) is 5. The fourth-order valence-electron chi connectivity index (χ4n) is 4.13. The molecule has 1 aliphatic rings. The smallest absolute Gasteiger partial charge is 0.254 e. The highest BCUT2D eigenvalue weighted by Crippen LogP contribution is 2.44. The Morgan fingerprint density at radius 1 is 1.14 bits per heavy atom. The number of aliphatic hydroxyl groups excluding tert-OH is 1. The van der Waals surface area contributed by atoms with Crippen molar-refractivity contribution in [3.63, 3.8) is 0 Å². The van der Waals surface area contributed by atoms with Gasteiger partial charge < -0.3 is 20.4 Å². The Morgan fingerprint density at radius 3 is 2.52 bits per heavy atom. The highest BCUT2D eigenvalue weighted by molar-refractivity contribution is 7.79. The predicted octanol–water partition coefficient (Wildman–Crippen LogP) is 5.39. The minimum atomic E-state index is -1.03. The Morgan fingerprint density at radius 2 is 1.83 bits per heavy atom. The molecule has 0 saturated heterocycles. The van der Waals surface area contributed by atoms with E-state index >= 15 is 0 Å². The van der Waals surface area contributed by atoms with Crippen LogP contribution in [0, 0.1) is 0 Å². The Labute approximate surface area is 174 Å². The highest BCUT2D eigenvalue weighted by Gasteiger charge is 2.35. The molecule has 0 bridgehead atoms. The van der Waals surface area contributed by atoms with Crippen molar-refractivity contribution in [2.24, 2.45) is 0 Å². The minimum Gasteiger partial charge on any atom is -0.369 e. The molecule has 4 N–H and O–H groups in total. The lowest BCUT2D eigenvalue weighted by molar-refractivity contribution is 0.0852. The lowest BCUT2D eigenvalue weighted by atomic mass is 9.95. The van der Waals surface area contributed by atoms with E-state index in [1.807, 2.05) is 43.3 Å². The highest BCUT2D eigenvalue weighted by atomic mass is 32.1. The van der Waals surface area contributed by atoms with E-state index in [0.29, 0.717) is 11.1 Å². The van der Waals surface area contributed by atoms with Gasteiger partial charge in [0.1, 0.15) is 0 Å². The van der Waals surface area contributed by atoms with Crippen LogP contribution in [0.2, 0.25) is 0 Å². The van der Waals surface area contributed by atoms with Gasteiger partial charge in [-0.05, 0) is 25.3 Å². The van der Waals surface area contributed by atoms with E-state index < -0.39 is 6.23 Å². The number of amides is 1. The monoisotopic (exact) mass is 407 g/mol. The quantitative estimate of drug-likeness (QED) is 0.289. The SMILES string of the molecule is C.C=Cc1[nH]c2c(c1/C=C\C)c1c(c3c4ccccc4[nH]c23)C(=O)NC1O.CS. The molecule has 150 valence electrons. The molecule has 4 aromatic rings. The van der Waals surface area contributed by atoms with Gasteiger partial charge in [-0.15, -0.1) is 0 Å². The summed E-state index contributed by atoms with van der Waals surface area (Å²) >= 11 is 3.53. The molecule has 1 aliphatic heterocycles. The van der Waals surface area contributed by atoms with Crippen molar-refractivity contribution in [2.45, 2.75) is 20.6 Å². The molecule has 29 heavy (non-hydrogen) atoms. The molecule has 0 aliphatic carbocycles. The second-order valence-corrected chi connectivity index (χ2v) is 6.49. The molecule has 1 atom stereocenters. The summed E-state index contributed by atoms with van der Waals surface area (Å²) in [7, 11) is 0. The van der Waals surface area contributed by atoms with Crippen LogP contribution in [-0.4, -0.2) is 27.2 Å². The van der Waals surface area contributed by atoms with Gasteiger partial charge in [-0.2, -0.15) is 12.6 Å². The number of benzene rings is 2. The van der Waals surface area contributed by atoms with Crippen molar-refractivity contribution < 1.29 is 9.90 Å². The number of rotatable bonds is 2. The molecule has 1 unspecified atom stereocenters. The van der Waals surface area contributed by atoms with Crippen LogP contribution in [0.5, 0.6) is 0 Å². The van der Waals surface area contributed by atoms with E-state index in [1.54, 1.807) is 12.3 Å². The van der Waals surface area contributed by atoms with Crippen molar-refractivity contribution in [1.29, 1.82) is 0 Å². The van der Waals surface area contributed by atoms with Crippen LogP contribution >= 0.6 is 12.6 Å². The van der Waals surface area contributed by atoms with Crippen LogP contribution in [0.15, 0.2) is 36.9 Å². The third-order valence-electron chi connectivity index (χ3n) is 5.12. The molecule has 1 amide bonds. The second-order valence-electron chi connectivity index (χ2n) is 6.49. The Bertz CT molecular complexity index is 1280. The molecular weight excluding hydrogens is 382 g/mol. The third-order valence-corrected chi connectivity index (χ3v) is 5.12. The zero-order chi connectivity index (χ0) is 20.0. The molecule has 5 nitrogen and oxygen atoms in total. The van der Waals surface area contributed by atoms with Crippen molar-refractivity contribution in [3.8, 4) is 0 Å². The van der Waals surface area contributed by atoms with Gasteiger partial charge in [0.05, 0.1) is 16.6 Å². The summed E-state index contributed by atoms with van der Waals surface area (Å²) in [6, 6.07) is 7.88. The topological polar surface area (TPSA) is 80.9 Å². The molecule has 0 fully saturated rings. The number of thiol groups is 1. The summed E-state index contributed by atoms with van der Waals surface area (Å²) in [6.07, 6.45) is 6.33. The van der Waals surface area contributed by atoms with Crippen LogP contribution in [0.25, 0.3) is 44.9 Å². The summed E-state index contributed by atoms with van der Waals surface area (Å²) in [5, 5.41) is 15.9. The van der Waals surface area contributed by atoms with E-state index in [2.05, 4.69) is 34.5 Å². The van der Waals surface area contributed by atoms with Crippen LogP contribution in [0.3, 0.4) is 0 Å². The molecule has 2 aromatic heterocycles. The number of nitrogens with one attached hydrogen (secondary N) is 3. The fraction of sp³-hybridized carbons (Fsp3) is 0.174. The van der Waals surface area contributed by atoms with Crippen molar-refractivity contribution >= 4 is 63.4 Å². The number of aromatic nitrogens is 2. The molecular formula is C23H25N3O2S. The maximum Gasteiger partial charge on any atom is 0.254 e. The zero-order valence-corrected chi connectivity index (χ0v) is 16.5. The van der Waals surface area contributed by atoms with E-state index in [0.717, 1.165) is 44.0 Å². The van der Waals surface area contributed by atoms with Crippen LogP contribution in [0.4, 0.5) is 0 Å². The minimum absolute atomic E-state index is 0. The first-order chi connectivity index (χ1) is 13.7. The Hall–Kier alpha value is -2.96. The summed E-state index contributed by atoms with van der Waals surface area (Å²) in [5.74, 6) is -0.253. The number of aliphatic hydroxyl groups is 1. The van der Waals surface area contributed by atoms with Gasteiger partial charge in [0.25, 0.3) is 5.91 Å². The third kappa shape index (κ3) is 2.79. The van der Waals surface area contributed by atoms with E-state index in [-0.39, 0.29) is 13.3 Å². The number of allylic oxidation sites excluding steroid dienone is 1.